The van der Waals surface area contributed by atoms with E-state index >= 15 is 0 Å². The summed E-state index contributed by atoms with van der Waals surface area (Å²) in [5.41, 5.74) is 4.09. The lowest BCUT2D eigenvalue weighted by Gasteiger charge is -2.12. The molecule has 0 aliphatic carbocycles. The van der Waals surface area contributed by atoms with Crippen LogP contribution in [0.2, 0.25) is 0 Å². The zero-order chi connectivity index (χ0) is 21.1. The van der Waals surface area contributed by atoms with Crippen LogP contribution in [-0.4, -0.2) is 11.6 Å². The molecule has 4 rings (SSSR count). The molecule has 150 valence electrons. The highest BCUT2D eigenvalue weighted by Crippen LogP contribution is 2.29. The summed E-state index contributed by atoms with van der Waals surface area (Å²) in [5, 5.41) is 5.82. The van der Waals surface area contributed by atoms with Gasteiger partial charge in [0.1, 0.15) is 18.2 Å². The maximum atomic E-state index is 13.9. The molecule has 3 aromatic rings. The van der Waals surface area contributed by atoms with Crippen molar-refractivity contribution in [1.29, 1.82) is 0 Å². The summed E-state index contributed by atoms with van der Waals surface area (Å²) in [5.74, 6) is 0.0762. The van der Waals surface area contributed by atoms with E-state index in [2.05, 4.69) is 5.10 Å². The van der Waals surface area contributed by atoms with Crippen LogP contribution in [0.5, 0.6) is 5.75 Å². The van der Waals surface area contributed by atoms with Crippen molar-refractivity contribution in [2.24, 2.45) is 5.10 Å². The van der Waals surface area contributed by atoms with Gasteiger partial charge in [-0.15, -0.1) is 0 Å². The van der Waals surface area contributed by atoms with Crippen LogP contribution in [0.15, 0.2) is 83.5 Å². The third kappa shape index (κ3) is 4.01. The number of hydrogen-bond donors (Lipinski definition) is 0. The Balaban J connectivity index is 1.63. The van der Waals surface area contributed by atoms with Crippen molar-refractivity contribution in [3.63, 3.8) is 0 Å². The van der Waals surface area contributed by atoms with Crippen molar-refractivity contribution in [2.75, 3.05) is 5.01 Å². The second kappa shape index (κ2) is 8.33. The minimum Gasteiger partial charge on any atom is -0.488 e. The number of nitrogens with zero attached hydrogens (tertiary/aromatic N) is 2. The monoisotopic (exact) mass is 400 g/mol. The highest BCUT2D eigenvalue weighted by atomic mass is 19.1. The molecule has 3 aromatic carbocycles. The standard InChI is InChI=1S/C25H21FN2O2/c1-17-12-13-24(30-16-19-8-6-7-11-23(19)26)20(14-17)15-22-18(2)27-28(25(22)29)21-9-4-3-5-10-21/h3-15H,16H2,1-2H3. The second-order valence-electron chi connectivity index (χ2n) is 7.12. The molecule has 0 bridgehead atoms. The van der Waals surface area contributed by atoms with Gasteiger partial charge in [0.2, 0.25) is 0 Å². The van der Waals surface area contributed by atoms with Crippen LogP contribution in [0.4, 0.5) is 10.1 Å². The number of hydrogen-bond acceptors (Lipinski definition) is 3. The molecule has 0 N–H and O–H groups in total. The fourth-order valence-corrected chi connectivity index (χ4v) is 3.27. The number of halogens is 1. The summed E-state index contributed by atoms with van der Waals surface area (Å²) in [4.78, 5) is 13.0. The molecule has 0 unspecified atom stereocenters. The minimum absolute atomic E-state index is 0.100. The molecule has 0 atom stereocenters. The quantitative estimate of drug-likeness (QED) is 0.529. The number of hydrazone groups is 1. The van der Waals surface area contributed by atoms with Gasteiger partial charge < -0.3 is 4.74 Å². The Morgan fingerprint density at radius 3 is 2.50 bits per heavy atom. The van der Waals surface area contributed by atoms with Crippen molar-refractivity contribution in [1.82, 2.24) is 0 Å². The van der Waals surface area contributed by atoms with Gasteiger partial charge in [0, 0.05) is 11.1 Å². The Hall–Kier alpha value is -3.73. The Bertz CT molecular complexity index is 1150. The summed E-state index contributed by atoms with van der Waals surface area (Å²) in [6.45, 7) is 3.88. The van der Waals surface area contributed by atoms with Gasteiger partial charge in [0.05, 0.1) is 17.0 Å². The Labute approximate surface area is 174 Å². The first-order valence-electron chi connectivity index (χ1n) is 9.66. The van der Waals surface area contributed by atoms with Crippen molar-refractivity contribution in [2.45, 2.75) is 20.5 Å². The van der Waals surface area contributed by atoms with Gasteiger partial charge in [0.15, 0.2) is 0 Å². The molecule has 0 fully saturated rings. The molecule has 0 aromatic heterocycles. The highest BCUT2D eigenvalue weighted by Gasteiger charge is 2.28. The van der Waals surface area contributed by atoms with E-state index in [0.717, 1.165) is 11.1 Å². The highest BCUT2D eigenvalue weighted by molar-refractivity contribution is 6.32. The first kappa shape index (κ1) is 19.6. The number of para-hydroxylation sites is 1. The number of aryl methyl sites for hydroxylation is 1. The SMILES string of the molecule is CC1=NN(c2ccccc2)C(=O)C1=Cc1cc(C)ccc1OCc1ccccc1F. The molecule has 1 amide bonds. The van der Waals surface area contributed by atoms with Gasteiger partial charge in [-0.2, -0.15) is 10.1 Å². The lowest BCUT2D eigenvalue weighted by atomic mass is 10.0. The first-order chi connectivity index (χ1) is 14.5. The number of anilines is 1. The fraction of sp³-hybridized carbons (Fsp3) is 0.120. The number of amides is 1. The molecule has 1 aliphatic rings. The van der Waals surface area contributed by atoms with Gasteiger partial charge in [-0.1, -0.05) is 48.0 Å². The normalized spacial score (nSPS) is 14.9. The van der Waals surface area contributed by atoms with Crippen LogP contribution in [0.1, 0.15) is 23.6 Å². The van der Waals surface area contributed by atoms with Gasteiger partial charge in [-0.3, -0.25) is 4.79 Å². The van der Waals surface area contributed by atoms with E-state index in [1.807, 2.05) is 62.4 Å². The molecule has 0 saturated carbocycles. The van der Waals surface area contributed by atoms with Gasteiger partial charge in [-0.05, 0) is 50.3 Å². The largest absolute Gasteiger partial charge is 0.488 e. The summed E-state index contributed by atoms with van der Waals surface area (Å²) < 4.78 is 19.8. The van der Waals surface area contributed by atoms with Crippen molar-refractivity contribution in [3.8, 4) is 5.75 Å². The van der Waals surface area contributed by atoms with Crippen molar-refractivity contribution < 1.29 is 13.9 Å². The summed E-state index contributed by atoms with van der Waals surface area (Å²) in [6, 6.07) is 21.5. The zero-order valence-corrected chi connectivity index (χ0v) is 16.8. The Morgan fingerprint density at radius 2 is 1.73 bits per heavy atom. The van der Waals surface area contributed by atoms with Crippen molar-refractivity contribution >= 4 is 23.4 Å². The van der Waals surface area contributed by atoms with Gasteiger partial charge >= 0.3 is 0 Å². The van der Waals surface area contributed by atoms with E-state index in [1.165, 1.54) is 11.1 Å². The maximum absolute atomic E-state index is 13.9. The number of carbonyl (C=O) groups is 1. The van der Waals surface area contributed by atoms with E-state index in [4.69, 9.17) is 4.74 Å². The second-order valence-corrected chi connectivity index (χ2v) is 7.12. The predicted octanol–water partition coefficient (Wildman–Crippen LogP) is 5.52. The number of carbonyl (C=O) groups excluding carboxylic acids is 1. The number of benzene rings is 3. The summed E-state index contributed by atoms with van der Waals surface area (Å²) in [6.07, 6.45) is 1.79. The van der Waals surface area contributed by atoms with Gasteiger partial charge in [-0.25, -0.2) is 4.39 Å². The lowest BCUT2D eigenvalue weighted by molar-refractivity contribution is -0.114. The van der Waals surface area contributed by atoms with Crippen LogP contribution >= 0.6 is 0 Å². The van der Waals surface area contributed by atoms with Crippen LogP contribution in [0, 0.1) is 12.7 Å². The van der Waals surface area contributed by atoms with E-state index < -0.39 is 0 Å². The predicted molar refractivity (Wildman–Crippen MR) is 117 cm³/mol. The zero-order valence-electron chi connectivity index (χ0n) is 16.8. The minimum atomic E-state index is -0.308. The summed E-state index contributed by atoms with van der Waals surface area (Å²) >= 11 is 0. The average Bonchev–Trinajstić information content (AvgIpc) is 3.03. The maximum Gasteiger partial charge on any atom is 0.280 e. The third-order valence-corrected chi connectivity index (χ3v) is 4.87. The topological polar surface area (TPSA) is 41.9 Å². The van der Waals surface area contributed by atoms with Crippen LogP contribution in [0.25, 0.3) is 6.08 Å². The molecule has 4 nitrogen and oxygen atoms in total. The molecule has 0 saturated heterocycles. The average molecular weight is 400 g/mol. The molecule has 30 heavy (non-hydrogen) atoms. The summed E-state index contributed by atoms with van der Waals surface area (Å²) in [7, 11) is 0. The molecule has 5 heteroatoms. The molecular formula is C25H21FN2O2. The number of ether oxygens (including phenoxy) is 1. The molecule has 0 radical (unpaired) electrons. The smallest absolute Gasteiger partial charge is 0.280 e. The lowest BCUT2D eigenvalue weighted by Crippen LogP contribution is -2.21. The van der Waals surface area contributed by atoms with Crippen LogP contribution in [0.3, 0.4) is 0 Å². The van der Waals surface area contributed by atoms with E-state index in [9.17, 15) is 9.18 Å². The van der Waals surface area contributed by atoms with Crippen LogP contribution in [-0.2, 0) is 11.4 Å². The van der Waals surface area contributed by atoms with E-state index in [0.29, 0.717) is 28.3 Å². The third-order valence-electron chi connectivity index (χ3n) is 4.87. The van der Waals surface area contributed by atoms with Crippen molar-refractivity contribution in [3.05, 3.63) is 101 Å². The molecule has 0 spiro atoms. The molecule has 1 aliphatic heterocycles. The number of rotatable bonds is 5. The Morgan fingerprint density at radius 1 is 1.00 bits per heavy atom. The molecular weight excluding hydrogens is 379 g/mol. The Kier molecular flexibility index (Phi) is 5.44. The van der Waals surface area contributed by atoms with E-state index in [-0.39, 0.29) is 18.3 Å². The fourth-order valence-electron chi connectivity index (χ4n) is 3.27. The molecule has 1 heterocycles. The first-order valence-corrected chi connectivity index (χ1v) is 9.66. The van der Waals surface area contributed by atoms with Gasteiger partial charge in [0.25, 0.3) is 5.91 Å². The van der Waals surface area contributed by atoms with Crippen LogP contribution < -0.4 is 9.75 Å². The van der Waals surface area contributed by atoms with E-state index in [1.54, 1.807) is 24.3 Å².